The van der Waals surface area contributed by atoms with E-state index in [1.807, 2.05) is 37.2 Å². The number of rotatable bonds is 4. The quantitative estimate of drug-likeness (QED) is 0.876. The van der Waals surface area contributed by atoms with E-state index in [2.05, 4.69) is 0 Å². The van der Waals surface area contributed by atoms with E-state index in [-0.39, 0.29) is 25.0 Å². The number of nitrogens with zero attached hydrogens (tertiary/aromatic N) is 2. The smallest absolute Gasteiger partial charge is 0.261 e. The lowest BCUT2D eigenvalue weighted by atomic mass is 9.92. The molecule has 0 atom stereocenters. The maximum absolute atomic E-state index is 12.6. The number of aliphatic hydroxyl groups excluding tert-OH is 1. The highest BCUT2D eigenvalue weighted by Gasteiger charge is 2.32. The van der Waals surface area contributed by atoms with Crippen LogP contribution in [0.2, 0.25) is 0 Å². The van der Waals surface area contributed by atoms with Crippen molar-refractivity contribution in [3.05, 3.63) is 41.5 Å². The molecule has 0 radical (unpaired) electrons. The highest BCUT2D eigenvalue weighted by atomic mass is 16.3. The monoisotopic (exact) mass is 298 g/mol. The third kappa shape index (κ3) is 2.05. The van der Waals surface area contributed by atoms with Gasteiger partial charge in [-0.25, -0.2) is 0 Å². The molecule has 0 aliphatic carbocycles. The molecular weight excluding hydrogens is 280 g/mol. The van der Waals surface area contributed by atoms with Crippen LogP contribution in [0.5, 0.6) is 0 Å². The Bertz CT molecular complexity index is 746. The van der Waals surface area contributed by atoms with Crippen molar-refractivity contribution in [3.8, 4) is 0 Å². The van der Waals surface area contributed by atoms with Crippen molar-refractivity contribution < 1.29 is 14.7 Å². The third-order valence-corrected chi connectivity index (χ3v) is 3.99. The molecule has 2 aromatic carbocycles. The normalized spacial score (nSPS) is 13.9. The number of benzene rings is 2. The van der Waals surface area contributed by atoms with Gasteiger partial charge in [0.05, 0.1) is 0 Å². The molecule has 1 N–H and O–H groups in total. The molecule has 22 heavy (non-hydrogen) atoms. The molecule has 0 saturated carbocycles. The maximum Gasteiger partial charge on any atom is 0.261 e. The Morgan fingerprint density at radius 1 is 1.05 bits per heavy atom. The molecule has 114 valence electrons. The van der Waals surface area contributed by atoms with Crippen LogP contribution in [0.1, 0.15) is 27.1 Å². The Labute approximate surface area is 128 Å². The van der Waals surface area contributed by atoms with Gasteiger partial charge in [0.25, 0.3) is 11.8 Å². The van der Waals surface area contributed by atoms with Gasteiger partial charge in [-0.1, -0.05) is 12.1 Å². The lowest BCUT2D eigenvalue weighted by Crippen LogP contribution is -2.41. The van der Waals surface area contributed by atoms with Gasteiger partial charge in [-0.2, -0.15) is 0 Å². The Morgan fingerprint density at radius 3 is 2.36 bits per heavy atom. The number of carbonyl (C=O) groups excluding carboxylic acids is 2. The van der Waals surface area contributed by atoms with Crippen LogP contribution in [0.25, 0.3) is 10.8 Å². The van der Waals surface area contributed by atoms with Gasteiger partial charge in [0, 0.05) is 54.8 Å². The summed E-state index contributed by atoms with van der Waals surface area (Å²) in [6.45, 7) is 0.188. The van der Waals surface area contributed by atoms with Crippen molar-refractivity contribution >= 4 is 28.3 Å². The minimum atomic E-state index is -0.285. The van der Waals surface area contributed by atoms with E-state index in [4.69, 9.17) is 5.11 Å². The fraction of sp³-hybridized carbons (Fsp3) is 0.294. The van der Waals surface area contributed by atoms with E-state index in [0.29, 0.717) is 17.5 Å². The van der Waals surface area contributed by atoms with E-state index in [0.717, 1.165) is 16.5 Å². The first-order chi connectivity index (χ1) is 10.6. The van der Waals surface area contributed by atoms with Crippen LogP contribution in [0.15, 0.2) is 30.3 Å². The van der Waals surface area contributed by atoms with Gasteiger partial charge in [-0.15, -0.1) is 0 Å². The third-order valence-electron chi connectivity index (χ3n) is 3.99. The van der Waals surface area contributed by atoms with Gasteiger partial charge in [0.15, 0.2) is 0 Å². The SMILES string of the molecule is CN(C)c1ccc2c3c(cccc13)C(=O)N(CCCO)C2=O. The fourth-order valence-corrected chi connectivity index (χ4v) is 2.95. The second-order valence-electron chi connectivity index (χ2n) is 5.59. The first-order valence-corrected chi connectivity index (χ1v) is 7.26. The van der Waals surface area contributed by atoms with Crippen molar-refractivity contribution in [2.24, 2.45) is 0 Å². The van der Waals surface area contributed by atoms with E-state index in [1.54, 1.807) is 12.1 Å². The van der Waals surface area contributed by atoms with Gasteiger partial charge in [0.2, 0.25) is 0 Å². The Morgan fingerprint density at radius 2 is 1.73 bits per heavy atom. The highest BCUT2D eigenvalue weighted by molar-refractivity contribution is 6.26. The molecular formula is C17H18N2O3. The summed E-state index contributed by atoms with van der Waals surface area (Å²) in [6, 6.07) is 9.21. The first kappa shape index (κ1) is 14.5. The maximum atomic E-state index is 12.6. The number of hydrogen-bond acceptors (Lipinski definition) is 4. The number of imide groups is 1. The average molecular weight is 298 g/mol. The predicted molar refractivity (Wildman–Crippen MR) is 85.3 cm³/mol. The summed E-state index contributed by atoms with van der Waals surface area (Å²) in [4.78, 5) is 28.4. The molecule has 5 nitrogen and oxygen atoms in total. The van der Waals surface area contributed by atoms with Crippen molar-refractivity contribution in [3.63, 3.8) is 0 Å². The Hall–Kier alpha value is -2.40. The Balaban J connectivity index is 2.23. The largest absolute Gasteiger partial charge is 0.396 e. The standard InChI is InChI=1S/C17H18N2O3/c1-18(2)14-8-7-13-15-11(14)5-3-6-12(15)16(21)19(17(13)22)9-4-10-20/h3,5-8,20H,4,9-10H2,1-2H3. The van der Waals surface area contributed by atoms with Gasteiger partial charge in [0.1, 0.15) is 0 Å². The lowest BCUT2D eigenvalue weighted by Gasteiger charge is -2.28. The average Bonchev–Trinajstić information content (AvgIpc) is 2.51. The zero-order valence-electron chi connectivity index (χ0n) is 12.7. The molecule has 0 bridgehead atoms. The summed E-state index contributed by atoms with van der Waals surface area (Å²) in [6.07, 6.45) is 0.387. The van der Waals surface area contributed by atoms with Crippen LogP contribution >= 0.6 is 0 Å². The topological polar surface area (TPSA) is 60.9 Å². The van der Waals surface area contributed by atoms with Crippen molar-refractivity contribution in [2.75, 3.05) is 32.1 Å². The number of carbonyl (C=O) groups is 2. The van der Waals surface area contributed by atoms with E-state index >= 15 is 0 Å². The summed E-state index contributed by atoms with van der Waals surface area (Å²) >= 11 is 0. The lowest BCUT2D eigenvalue weighted by molar-refractivity contribution is 0.0601. The molecule has 1 aliphatic rings. The molecule has 0 fully saturated rings. The minimum Gasteiger partial charge on any atom is -0.396 e. The van der Waals surface area contributed by atoms with Crippen molar-refractivity contribution in [1.29, 1.82) is 0 Å². The fourth-order valence-electron chi connectivity index (χ4n) is 2.95. The van der Waals surface area contributed by atoms with Crippen molar-refractivity contribution in [1.82, 2.24) is 4.90 Å². The van der Waals surface area contributed by atoms with Crippen LogP contribution in [-0.2, 0) is 0 Å². The minimum absolute atomic E-state index is 0.0479. The molecule has 3 rings (SSSR count). The van der Waals surface area contributed by atoms with Crippen LogP contribution < -0.4 is 4.90 Å². The van der Waals surface area contributed by atoms with E-state index in [1.165, 1.54) is 4.90 Å². The molecule has 1 aliphatic heterocycles. The van der Waals surface area contributed by atoms with Gasteiger partial charge in [-0.3, -0.25) is 14.5 Å². The summed E-state index contributed by atoms with van der Waals surface area (Å²) < 4.78 is 0. The summed E-state index contributed by atoms with van der Waals surface area (Å²) in [5.74, 6) is -0.570. The van der Waals surface area contributed by atoms with Gasteiger partial charge in [-0.05, 0) is 24.6 Å². The molecule has 2 aromatic rings. The molecule has 0 aromatic heterocycles. The summed E-state index contributed by atoms with van der Waals surface area (Å²) in [5, 5.41) is 10.6. The number of aliphatic hydroxyl groups is 1. The van der Waals surface area contributed by atoms with Crippen LogP contribution in [0.3, 0.4) is 0 Å². The van der Waals surface area contributed by atoms with Crippen LogP contribution in [-0.4, -0.2) is 49.1 Å². The molecule has 0 saturated heterocycles. The number of hydrogen-bond donors (Lipinski definition) is 1. The number of amides is 2. The number of anilines is 1. The predicted octanol–water partition coefficient (Wildman–Crippen LogP) is 1.88. The van der Waals surface area contributed by atoms with Crippen LogP contribution in [0, 0.1) is 0 Å². The van der Waals surface area contributed by atoms with E-state index < -0.39 is 0 Å². The zero-order chi connectivity index (χ0) is 15.9. The van der Waals surface area contributed by atoms with Gasteiger partial charge < -0.3 is 10.0 Å². The molecule has 2 amide bonds. The highest BCUT2D eigenvalue weighted by Crippen LogP contribution is 2.35. The molecule has 0 spiro atoms. The van der Waals surface area contributed by atoms with Crippen molar-refractivity contribution in [2.45, 2.75) is 6.42 Å². The van der Waals surface area contributed by atoms with Crippen LogP contribution in [0.4, 0.5) is 5.69 Å². The molecule has 1 heterocycles. The zero-order valence-corrected chi connectivity index (χ0v) is 12.7. The molecule has 5 heteroatoms. The Kier molecular flexibility index (Phi) is 3.58. The molecule has 0 unspecified atom stereocenters. The second-order valence-corrected chi connectivity index (χ2v) is 5.59. The van der Waals surface area contributed by atoms with E-state index in [9.17, 15) is 9.59 Å². The summed E-state index contributed by atoms with van der Waals surface area (Å²) in [7, 11) is 3.87. The summed E-state index contributed by atoms with van der Waals surface area (Å²) in [5.41, 5.74) is 2.08. The first-order valence-electron chi connectivity index (χ1n) is 7.26. The second kappa shape index (κ2) is 5.42. The van der Waals surface area contributed by atoms with Gasteiger partial charge >= 0.3 is 0 Å².